The third-order valence-corrected chi connectivity index (χ3v) is 7.38. The van der Waals surface area contributed by atoms with E-state index in [0.717, 1.165) is 15.7 Å². The number of fused-ring (bicyclic) bond motifs is 1. The first-order chi connectivity index (χ1) is 12.1. The Morgan fingerprint density at radius 3 is 2.44 bits per heavy atom. The maximum Gasteiger partial charge on any atom is 0.303 e. The Morgan fingerprint density at radius 2 is 1.72 bits per heavy atom. The van der Waals surface area contributed by atoms with E-state index < -0.39 is 13.2 Å². The van der Waals surface area contributed by atoms with Crippen LogP contribution in [0.25, 0.3) is 0 Å². The highest BCUT2D eigenvalue weighted by atomic mass is 79.9. The van der Waals surface area contributed by atoms with Crippen molar-refractivity contribution in [2.75, 3.05) is 5.32 Å². The van der Waals surface area contributed by atoms with E-state index in [1.54, 1.807) is 0 Å². The molecule has 0 bridgehead atoms. The molecule has 3 nitrogen and oxygen atoms in total. The van der Waals surface area contributed by atoms with Gasteiger partial charge in [0.1, 0.15) is 11.5 Å². The summed E-state index contributed by atoms with van der Waals surface area (Å²) >= 11 is 3.51. The predicted molar refractivity (Wildman–Crippen MR) is 106 cm³/mol. The number of hydrogen-bond acceptors (Lipinski definition) is 3. The molecule has 0 aliphatic carbocycles. The average molecular weight is 414 g/mol. The van der Waals surface area contributed by atoms with Crippen LogP contribution in [0.4, 0.5) is 5.69 Å². The molecule has 1 unspecified atom stereocenters. The van der Waals surface area contributed by atoms with Crippen LogP contribution in [0.1, 0.15) is 16.9 Å². The van der Waals surface area contributed by atoms with E-state index >= 15 is 0 Å². The Labute approximate surface area is 155 Å². The van der Waals surface area contributed by atoms with Gasteiger partial charge in [0.15, 0.2) is 0 Å². The van der Waals surface area contributed by atoms with Crippen LogP contribution in [0.5, 0.6) is 5.75 Å². The summed E-state index contributed by atoms with van der Waals surface area (Å²) < 4.78 is 20.8. The van der Waals surface area contributed by atoms with Crippen LogP contribution in [0.15, 0.2) is 77.3 Å². The number of hydrogen-bond donors (Lipinski definition) is 1. The first kappa shape index (κ1) is 16.4. The van der Waals surface area contributed by atoms with Gasteiger partial charge in [-0.2, -0.15) is 0 Å². The van der Waals surface area contributed by atoms with Gasteiger partial charge in [0, 0.05) is 15.7 Å². The molecule has 126 valence electrons. The molecule has 1 aliphatic rings. The predicted octanol–water partition coefficient (Wildman–Crippen LogP) is 5.86. The Balaban J connectivity index is 1.81. The number of nitrogens with one attached hydrogen (secondary N) is 1. The maximum atomic E-state index is 13.9. The summed E-state index contributed by atoms with van der Waals surface area (Å²) in [5.74, 6) is 0.241. The maximum absolute atomic E-state index is 13.9. The molecule has 1 N–H and O–H groups in total. The van der Waals surface area contributed by atoms with E-state index in [1.165, 1.54) is 5.56 Å². The van der Waals surface area contributed by atoms with Crippen molar-refractivity contribution in [1.29, 1.82) is 0 Å². The third-order valence-electron chi connectivity index (χ3n) is 4.31. The highest BCUT2D eigenvalue weighted by Crippen LogP contribution is 2.65. The van der Waals surface area contributed by atoms with Crippen LogP contribution in [0.2, 0.25) is 0 Å². The van der Waals surface area contributed by atoms with Crippen LogP contribution in [-0.4, -0.2) is 0 Å². The van der Waals surface area contributed by atoms with Crippen LogP contribution in [-0.2, 0) is 4.57 Å². The molecule has 0 saturated heterocycles. The van der Waals surface area contributed by atoms with Gasteiger partial charge in [-0.3, -0.25) is 4.57 Å². The second-order valence-electron chi connectivity index (χ2n) is 6.12. The van der Waals surface area contributed by atoms with Gasteiger partial charge < -0.3 is 9.84 Å². The molecule has 5 heteroatoms. The van der Waals surface area contributed by atoms with E-state index in [9.17, 15) is 4.57 Å². The number of rotatable bonds is 3. The lowest BCUT2D eigenvalue weighted by Crippen LogP contribution is -2.16. The van der Waals surface area contributed by atoms with Gasteiger partial charge in [-0.25, -0.2) is 0 Å². The fourth-order valence-electron chi connectivity index (χ4n) is 3.01. The topological polar surface area (TPSA) is 38.3 Å². The van der Waals surface area contributed by atoms with Crippen molar-refractivity contribution < 1.29 is 9.09 Å². The molecule has 0 saturated carbocycles. The van der Waals surface area contributed by atoms with Crippen molar-refractivity contribution in [2.45, 2.75) is 12.7 Å². The minimum Gasteiger partial charge on any atom is -0.438 e. The van der Waals surface area contributed by atoms with E-state index in [1.807, 2.05) is 79.7 Å². The monoisotopic (exact) mass is 413 g/mol. The highest BCUT2D eigenvalue weighted by molar-refractivity contribution is 9.10. The van der Waals surface area contributed by atoms with Crippen molar-refractivity contribution in [3.05, 3.63) is 88.4 Å². The van der Waals surface area contributed by atoms with E-state index in [4.69, 9.17) is 4.52 Å². The van der Waals surface area contributed by atoms with Crippen molar-refractivity contribution >= 4 is 34.3 Å². The van der Waals surface area contributed by atoms with E-state index in [-0.39, 0.29) is 0 Å². The minimum absolute atomic E-state index is 0.426. The molecule has 1 heterocycles. The number of halogens is 1. The zero-order valence-electron chi connectivity index (χ0n) is 13.6. The average Bonchev–Trinajstić information content (AvgIpc) is 2.90. The van der Waals surface area contributed by atoms with Crippen molar-refractivity contribution in [1.82, 2.24) is 0 Å². The van der Waals surface area contributed by atoms with E-state index in [2.05, 4.69) is 21.2 Å². The van der Waals surface area contributed by atoms with Crippen LogP contribution in [0.3, 0.4) is 0 Å². The molecule has 3 aromatic rings. The first-order valence-corrected chi connectivity index (χ1v) is 10.5. The minimum atomic E-state index is -3.14. The van der Waals surface area contributed by atoms with Crippen molar-refractivity contribution in [2.24, 2.45) is 0 Å². The summed E-state index contributed by atoms with van der Waals surface area (Å²) in [5.41, 5.74) is 3.01. The second-order valence-corrected chi connectivity index (χ2v) is 9.44. The van der Waals surface area contributed by atoms with Crippen molar-refractivity contribution in [3.8, 4) is 5.75 Å². The summed E-state index contributed by atoms with van der Waals surface area (Å²) in [6.45, 7) is 2.05. The summed E-state index contributed by atoms with van der Waals surface area (Å²) in [4.78, 5) is 0. The van der Waals surface area contributed by atoms with Gasteiger partial charge in [0.2, 0.25) is 0 Å². The molecule has 4 rings (SSSR count). The SMILES string of the molecule is Cc1ccc(N[C@@H]2c3cc(Br)ccc3OP2(=O)c2ccccc2)cc1. The van der Waals surface area contributed by atoms with Gasteiger partial charge in [-0.15, -0.1) is 0 Å². The molecule has 1 aliphatic heterocycles. The Hall–Kier alpha value is -2.03. The normalized spacial score (nSPS) is 21.4. The molecule has 2 atom stereocenters. The van der Waals surface area contributed by atoms with Gasteiger partial charge in [0.25, 0.3) is 0 Å². The second kappa shape index (κ2) is 6.36. The molecule has 0 amide bonds. The van der Waals surface area contributed by atoms with Gasteiger partial charge in [-0.05, 0) is 49.4 Å². The van der Waals surface area contributed by atoms with Crippen LogP contribution in [0, 0.1) is 6.92 Å². The molecule has 0 aromatic heterocycles. The largest absolute Gasteiger partial charge is 0.438 e. The highest BCUT2D eigenvalue weighted by Gasteiger charge is 2.46. The molecule has 0 spiro atoms. The molecule has 25 heavy (non-hydrogen) atoms. The molecule has 0 radical (unpaired) electrons. The fourth-order valence-corrected chi connectivity index (χ4v) is 5.83. The lowest BCUT2D eigenvalue weighted by molar-refractivity contribution is 0.501. The summed E-state index contributed by atoms with van der Waals surface area (Å²) in [6.07, 6.45) is 0. The Kier molecular flexibility index (Phi) is 4.18. The Morgan fingerprint density at radius 1 is 1.00 bits per heavy atom. The quantitative estimate of drug-likeness (QED) is 0.546. The zero-order chi connectivity index (χ0) is 17.4. The lowest BCUT2D eigenvalue weighted by atomic mass is 10.2. The fraction of sp³-hybridized carbons (Fsp3) is 0.100. The van der Waals surface area contributed by atoms with Gasteiger partial charge >= 0.3 is 7.37 Å². The smallest absolute Gasteiger partial charge is 0.303 e. The summed E-state index contributed by atoms with van der Waals surface area (Å²) in [7, 11) is -3.14. The molecule has 3 aromatic carbocycles. The van der Waals surface area contributed by atoms with Crippen LogP contribution < -0.4 is 15.1 Å². The standard InChI is InChI=1S/C20H17BrNO2P/c1-14-7-10-16(11-8-14)22-20-18-13-15(21)9-12-19(18)24-25(20,23)17-5-3-2-4-6-17/h2-13,20,22H,1H3/t20-,25?/m0/s1. The zero-order valence-corrected chi connectivity index (χ0v) is 16.1. The molecule has 0 fully saturated rings. The number of anilines is 1. The molecular weight excluding hydrogens is 397 g/mol. The van der Waals surface area contributed by atoms with Gasteiger partial charge in [-0.1, -0.05) is 51.8 Å². The van der Waals surface area contributed by atoms with Crippen molar-refractivity contribution in [3.63, 3.8) is 0 Å². The van der Waals surface area contributed by atoms with E-state index in [0.29, 0.717) is 11.1 Å². The number of aryl methyl sites for hydroxylation is 1. The van der Waals surface area contributed by atoms with Gasteiger partial charge in [0.05, 0.1) is 5.30 Å². The van der Waals surface area contributed by atoms with Crippen LogP contribution >= 0.6 is 23.3 Å². The summed E-state index contributed by atoms with van der Waals surface area (Å²) in [5, 5.41) is 4.15. The number of benzene rings is 3. The third kappa shape index (κ3) is 3.01. The first-order valence-electron chi connectivity index (χ1n) is 8.04. The molecular formula is C20H17BrNO2P. The lowest BCUT2D eigenvalue weighted by Gasteiger charge is -2.22. The summed E-state index contributed by atoms with van der Waals surface area (Å²) in [6, 6.07) is 23.2. The Bertz CT molecular complexity index is 957.